The summed E-state index contributed by atoms with van der Waals surface area (Å²) in [6, 6.07) is 14.3. The first-order valence-corrected chi connectivity index (χ1v) is 8.31. The maximum Gasteiger partial charge on any atom is 0.131 e. The second-order valence-electron chi connectivity index (χ2n) is 5.03. The molecule has 0 unspecified atom stereocenters. The summed E-state index contributed by atoms with van der Waals surface area (Å²) in [6.45, 7) is 6.05. The Morgan fingerprint density at radius 3 is 2.48 bits per heavy atom. The average molecular weight is 373 g/mol. The van der Waals surface area contributed by atoms with Crippen LogP contribution < -0.4 is 4.90 Å². The van der Waals surface area contributed by atoms with Crippen molar-refractivity contribution in [2.75, 3.05) is 18.0 Å². The van der Waals surface area contributed by atoms with Crippen molar-refractivity contribution >= 4 is 33.3 Å². The number of nitriles is 1. The van der Waals surface area contributed by atoms with Crippen LogP contribution in [0.5, 0.6) is 0 Å². The first-order chi connectivity index (χ1) is 11.1. The SMILES string of the molecule is CCN(CC)c1ccc(/C=C(/C#N)c2ccccc2F)cc1Br. The maximum atomic E-state index is 13.9. The second-order valence-corrected chi connectivity index (χ2v) is 5.89. The van der Waals surface area contributed by atoms with E-state index in [1.165, 1.54) is 6.07 Å². The molecule has 23 heavy (non-hydrogen) atoms. The number of hydrogen-bond acceptors (Lipinski definition) is 2. The number of rotatable bonds is 5. The number of nitrogens with zero attached hydrogens (tertiary/aromatic N) is 2. The maximum absolute atomic E-state index is 13.9. The molecule has 2 rings (SSSR count). The van der Waals surface area contributed by atoms with Crippen LogP contribution in [0, 0.1) is 17.1 Å². The Hall–Kier alpha value is -2.12. The Balaban J connectivity index is 2.41. The summed E-state index contributed by atoms with van der Waals surface area (Å²) in [5.41, 5.74) is 2.59. The first-order valence-electron chi connectivity index (χ1n) is 7.51. The minimum absolute atomic E-state index is 0.311. The normalized spacial score (nSPS) is 11.2. The lowest BCUT2D eigenvalue weighted by Gasteiger charge is -2.22. The Morgan fingerprint density at radius 1 is 1.22 bits per heavy atom. The van der Waals surface area contributed by atoms with E-state index in [2.05, 4.69) is 40.7 Å². The van der Waals surface area contributed by atoms with Gasteiger partial charge in [-0.25, -0.2) is 4.39 Å². The molecule has 0 radical (unpaired) electrons. The third-order valence-electron chi connectivity index (χ3n) is 3.67. The molecule has 0 aliphatic carbocycles. The van der Waals surface area contributed by atoms with E-state index in [-0.39, 0.29) is 5.82 Å². The fraction of sp³-hybridized carbons (Fsp3) is 0.211. The summed E-state index contributed by atoms with van der Waals surface area (Å²) in [5.74, 6) is -0.390. The Kier molecular flexibility index (Phi) is 5.95. The van der Waals surface area contributed by atoms with Gasteiger partial charge in [0.25, 0.3) is 0 Å². The smallest absolute Gasteiger partial charge is 0.131 e. The number of benzene rings is 2. The molecule has 0 atom stereocenters. The summed E-state index contributed by atoms with van der Waals surface area (Å²) in [6.07, 6.45) is 1.70. The van der Waals surface area contributed by atoms with Crippen LogP contribution in [-0.4, -0.2) is 13.1 Å². The fourth-order valence-electron chi connectivity index (χ4n) is 2.45. The van der Waals surface area contributed by atoms with Crippen LogP contribution in [0.3, 0.4) is 0 Å². The van der Waals surface area contributed by atoms with E-state index in [0.717, 1.165) is 28.8 Å². The molecule has 2 aromatic carbocycles. The molecule has 118 valence electrons. The van der Waals surface area contributed by atoms with E-state index >= 15 is 0 Å². The summed E-state index contributed by atoms with van der Waals surface area (Å²) < 4.78 is 14.8. The lowest BCUT2D eigenvalue weighted by Crippen LogP contribution is -2.22. The zero-order valence-corrected chi connectivity index (χ0v) is 14.8. The molecule has 0 amide bonds. The van der Waals surface area contributed by atoms with Crippen LogP contribution in [0.4, 0.5) is 10.1 Å². The summed E-state index contributed by atoms with van der Waals surface area (Å²) in [7, 11) is 0. The molecule has 0 saturated carbocycles. The number of allylic oxidation sites excluding steroid dienone is 1. The molecule has 0 aliphatic rings. The average Bonchev–Trinajstić information content (AvgIpc) is 2.56. The molecule has 2 aromatic rings. The number of hydrogen-bond donors (Lipinski definition) is 0. The van der Waals surface area contributed by atoms with Crippen LogP contribution >= 0.6 is 15.9 Å². The monoisotopic (exact) mass is 372 g/mol. The van der Waals surface area contributed by atoms with E-state index in [1.54, 1.807) is 24.3 Å². The van der Waals surface area contributed by atoms with E-state index in [0.29, 0.717) is 11.1 Å². The van der Waals surface area contributed by atoms with Crippen LogP contribution in [0.1, 0.15) is 25.0 Å². The molecule has 0 aliphatic heterocycles. The highest BCUT2D eigenvalue weighted by Crippen LogP contribution is 2.29. The van der Waals surface area contributed by atoms with Gasteiger partial charge >= 0.3 is 0 Å². The molecule has 0 spiro atoms. The molecular formula is C19H18BrFN2. The van der Waals surface area contributed by atoms with Crippen LogP contribution in [0.15, 0.2) is 46.9 Å². The van der Waals surface area contributed by atoms with Gasteiger partial charge in [0.1, 0.15) is 5.82 Å². The summed E-state index contributed by atoms with van der Waals surface area (Å²) in [4.78, 5) is 2.24. The fourth-order valence-corrected chi connectivity index (χ4v) is 3.10. The Bertz CT molecular complexity index is 758. The molecule has 0 fully saturated rings. The van der Waals surface area contributed by atoms with Crippen molar-refractivity contribution in [1.29, 1.82) is 5.26 Å². The Labute approximate surface area is 145 Å². The molecular weight excluding hydrogens is 355 g/mol. The minimum atomic E-state index is -0.390. The third kappa shape index (κ3) is 4.00. The molecule has 0 aromatic heterocycles. The van der Waals surface area contributed by atoms with Gasteiger partial charge in [-0.15, -0.1) is 0 Å². The van der Waals surface area contributed by atoms with E-state index in [4.69, 9.17) is 0 Å². The third-order valence-corrected chi connectivity index (χ3v) is 4.31. The van der Waals surface area contributed by atoms with Crippen molar-refractivity contribution in [3.63, 3.8) is 0 Å². The number of anilines is 1. The molecule has 0 heterocycles. The van der Waals surface area contributed by atoms with Crippen molar-refractivity contribution in [1.82, 2.24) is 0 Å². The minimum Gasteiger partial charge on any atom is -0.371 e. The van der Waals surface area contributed by atoms with Gasteiger partial charge in [0.05, 0.1) is 17.3 Å². The van der Waals surface area contributed by atoms with E-state index < -0.39 is 0 Å². The Morgan fingerprint density at radius 2 is 1.91 bits per heavy atom. The zero-order valence-electron chi connectivity index (χ0n) is 13.2. The summed E-state index contributed by atoms with van der Waals surface area (Å²) >= 11 is 3.58. The van der Waals surface area contributed by atoms with Crippen molar-refractivity contribution < 1.29 is 4.39 Å². The quantitative estimate of drug-likeness (QED) is 0.511. The van der Waals surface area contributed by atoms with Gasteiger partial charge in [-0.05, 0) is 59.6 Å². The lowest BCUT2D eigenvalue weighted by molar-refractivity contribution is 0.624. The largest absolute Gasteiger partial charge is 0.371 e. The van der Waals surface area contributed by atoms with E-state index in [1.807, 2.05) is 18.2 Å². The number of halogens is 2. The predicted molar refractivity (Wildman–Crippen MR) is 97.6 cm³/mol. The second kappa shape index (κ2) is 7.94. The van der Waals surface area contributed by atoms with Crippen molar-refractivity contribution in [2.45, 2.75) is 13.8 Å². The molecule has 0 saturated heterocycles. The predicted octanol–water partition coefficient (Wildman–Crippen LogP) is 5.50. The van der Waals surface area contributed by atoms with Gasteiger partial charge < -0.3 is 4.90 Å². The first kappa shape index (κ1) is 17.2. The highest BCUT2D eigenvalue weighted by molar-refractivity contribution is 9.10. The van der Waals surface area contributed by atoms with Crippen molar-refractivity contribution in [3.8, 4) is 6.07 Å². The molecule has 4 heteroatoms. The zero-order chi connectivity index (χ0) is 16.8. The van der Waals surface area contributed by atoms with Crippen molar-refractivity contribution in [3.05, 3.63) is 63.9 Å². The topological polar surface area (TPSA) is 27.0 Å². The highest BCUT2D eigenvalue weighted by Gasteiger charge is 2.09. The molecule has 0 bridgehead atoms. The van der Waals surface area contributed by atoms with Gasteiger partial charge in [0, 0.05) is 23.1 Å². The van der Waals surface area contributed by atoms with Crippen molar-refractivity contribution in [2.24, 2.45) is 0 Å². The van der Waals surface area contributed by atoms with Gasteiger partial charge in [0.15, 0.2) is 0 Å². The highest BCUT2D eigenvalue weighted by atomic mass is 79.9. The van der Waals surface area contributed by atoms with E-state index in [9.17, 15) is 9.65 Å². The van der Waals surface area contributed by atoms with Crippen LogP contribution in [-0.2, 0) is 0 Å². The standard InChI is InChI=1S/C19H18BrFN2/c1-3-23(4-2)19-10-9-14(12-17(19)20)11-15(13-22)16-7-5-6-8-18(16)21/h5-12H,3-4H2,1-2H3/b15-11-. The lowest BCUT2D eigenvalue weighted by atomic mass is 10.0. The molecule has 2 nitrogen and oxygen atoms in total. The van der Waals surface area contributed by atoms with Gasteiger partial charge in [-0.3, -0.25) is 0 Å². The summed E-state index contributed by atoms with van der Waals surface area (Å²) in [5, 5.41) is 9.35. The van der Waals surface area contributed by atoms with Gasteiger partial charge in [-0.1, -0.05) is 24.3 Å². The van der Waals surface area contributed by atoms with Gasteiger partial charge in [0.2, 0.25) is 0 Å². The van der Waals surface area contributed by atoms with Crippen LogP contribution in [0.25, 0.3) is 11.6 Å². The van der Waals surface area contributed by atoms with Crippen LogP contribution in [0.2, 0.25) is 0 Å². The van der Waals surface area contributed by atoms with Gasteiger partial charge in [-0.2, -0.15) is 5.26 Å². The molecule has 0 N–H and O–H groups in total.